The predicted octanol–water partition coefficient (Wildman–Crippen LogP) is 3.96. The van der Waals surface area contributed by atoms with Crippen LogP contribution >= 0.6 is 11.6 Å². The van der Waals surface area contributed by atoms with Crippen molar-refractivity contribution in [3.8, 4) is 0 Å². The minimum atomic E-state index is -0.875. The highest BCUT2D eigenvalue weighted by Gasteiger charge is 2.20. The second-order valence-electron chi connectivity index (χ2n) is 7.05. The molecule has 0 aliphatic heterocycles. The van der Waals surface area contributed by atoms with Crippen molar-refractivity contribution in [2.24, 2.45) is 4.99 Å². The van der Waals surface area contributed by atoms with Crippen molar-refractivity contribution >= 4 is 35.6 Å². The van der Waals surface area contributed by atoms with Gasteiger partial charge >= 0.3 is 12.2 Å². The molecular formula is C16H23ClN4O4. The van der Waals surface area contributed by atoms with E-state index in [1.165, 1.54) is 6.20 Å². The molecular weight excluding hydrogens is 348 g/mol. The zero-order valence-corrected chi connectivity index (χ0v) is 15.9. The van der Waals surface area contributed by atoms with Crippen LogP contribution in [-0.2, 0) is 9.47 Å². The number of alkyl carbamates (subject to hydrolysis) is 1. The lowest BCUT2D eigenvalue weighted by Gasteiger charge is -2.21. The van der Waals surface area contributed by atoms with Crippen molar-refractivity contribution in [1.29, 1.82) is 0 Å². The molecule has 0 saturated heterocycles. The number of carbonyl (C=O) groups excluding carboxylic acids is 2. The molecule has 0 aliphatic carbocycles. The van der Waals surface area contributed by atoms with E-state index in [1.54, 1.807) is 53.7 Å². The molecule has 0 aliphatic rings. The van der Waals surface area contributed by atoms with E-state index in [0.717, 1.165) is 0 Å². The van der Waals surface area contributed by atoms with Crippen molar-refractivity contribution in [3.63, 3.8) is 0 Å². The van der Waals surface area contributed by atoms with E-state index in [-0.39, 0.29) is 5.96 Å². The summed E-state index contributed by atoms with van der Waals surface area (Å²) in [6.45, 7) is 10.3. The van der Waals surface area contributed by atoms with Crippen LogP contribution in [0.1, 0.15) is 41.5 Å². The lowest BCUT2D eigenvalue weighted by atomic mass is 10.2. The Bertz CT molecular complexity index is 646. The largest absolute Gasteiger partial charge is 0.444 e. The molecule has 0 radical (unpaired) electrons. The Morgan fingerprint density at radius 1 is 1.08 bits per heavy atom. The molecule has 1 heterocycles. The lowest BCUT2D eigenvalue weighted by Crippen LogP contribution is -2.40. The monoisotopic (exact) mass is 370 g/mol. The second kappa shape index (κ2) is 8.15. The van der Waals surface area contributed by atoms with Crippen LogP contribution in [0.4, 0.5) is 15.4 Å². The van der Waals surface area contributed by atoms with Gasteiger partial charge in [0.05, 0.1) is 5.02 Å². The predicted molar refractivity (Wildman–Crippen MR) is 95.9 cm³/mol. The number of nitrogens with one attached hydrogen (secondary N) is 2. The van der Waals surface area contributed by atoms with E-state index in [2.05, 4.69) is 20.6 Å². The number of carbonyl (C=O) groups is 2. The molecule has 1 aromatic heterocycles. The van der Waals surface area contributed by atoms with Gasteiger partial charge in [-0.05, 0) is 53.7 Å². The topological polar surface area (TPSA) is 102 Å². The van der Waals surface area contributed by atoms with Gasteiger partial charge in [0.2, 0.25) is 5.96 Å². The maximum absolute atomic E-state index is 11.9. The number of amides is 2. The fourth-order valence-corrected chi connectivity index (χ4v) is 1.55. The molecule has 138 valence electrons. The number of aromatic nitrogens is 1. The van der Waals surface area contributed by atoms with Gasteiger partial charge in [0.15, 0.2) is 0 Å². The highest BCUT2D eigenvalue weighted by molar-refractivity contribution is 6.30. The molecule has 0 unspecified atom stereocenters. The molecule has 2 N–H and O–H groups in total. The van der Waals surface area contributed by atoms with Crippen LogP contribution in [0.25, 0.3) is 0 Å². The van der Waals surface area contributed by atoms with Crippen LogP contribution in [0.15, 0.2) is 23.3 Å². The van der Waals surface area contributed by atoms with Gasteiger partial charge in [-0.15, -0.1) is 4.99 Å². The normalized spacial score (nSPS) is 12.4. The Labute approximate surface area is 152 Å². The van der Waals surface area contributed by atoms with E-state index in [9.17, 15) is 9.59 Å². The smallest absolute Gasteiger partial charge is 0.437 e. The second-order valence-corrected chi connectivity index (χ2v) is 7.49. The summed E-state index contributed by atoms with van der Waals surface area (Å²) >= 11 is 5.78. The first-order valence-corrected chi connectivity index (χ1v) is 7.92. The van der Waals surface area contributed by atoms with E-state index >= 15 is 0 Å². The lowest BCUT2D eigenvalue weighted by molar-refractivity contribution is 0.0562. The first kappa shape index (κ1) is 20.7. The molecule has 9 heteroatoms. The number of pyridine rings is 1. The Balaban J connectivity index is 2.94. The minimum absolute atomic E-state index is 0.182. The molecule has 0 saturated carbocycles. The molecule has 2 amide bonds. The summed E-state index contributed by atoms with van der Waals surface area (Å²) in [5.74, 6) is 0.140. The number of nitrogens with zero attached hydrogens (tertiary/aromatic N) is 2. The summed E-state index contributed by atoms with van der Waals surface area (Å²) in [6.07, 6.45) is -0.251. The van der Waals surface area contributed by atoms with Crippen LogP contribution in [0, 0.1) is 0 Å². The third-order valence-corrected chi connectivity index (χ3v) is 2.41. The zero-order chi connectivity index (χ0) is 19.3. The third kappa shape index (κ3) is 9.51. The van der Waals surface area contributed by atoms with Crippen molar-refractivity contribution in [3.05, 3.63) is 23.4 Å². The number of ether oxygens (including phenoxy) is 2. The molecule has 0 atom stereocenters. The highest BCUT2D eigenvalue weighted by Crippen LogP contribution is 2.11. The molecule has 0 bridgehead atoms. The highest BCUT2D eigenvalue weighted by atomic mass is 35.5. The average Bonchev–Trinajstić information content (AvgIpc) is 2.36. The Hall–Kier alpha value is -2.35. The molecule has 1 aromatic rings. The standard InChI is InChI=1S/C16H23ClN4O4/c1-15(2,3)24-13(22)20-12(21-14(23)25-16(4,5)6)19-11-8-7-10(17)9-18-11/h7-9H,1-6H3,(H2,18,19,20,21,22,23). The summed E-state index contributed by atoms with van der Waals surface area (Å²) in [5.41, 5.74) is -1.43. The number of hydrogen-bond donors (Lipinski definition) is 2. The van der Waals surface area contributed by atoms with E-state index in [4.69, 9.17) is 21.1 Å². The van der Waals surface area contributed by atoms with Crippen molar-refractivity contribution in [2.45, 2.75) is 52.7 Å². The summed E-state index contributed by atoms with van der Waals surface area (Å²) in [5, 5.41) is 5.51. The molecule has 1 rings (SSSR count). The van der Waals surface area contributed by atoms with Gasteiger partial charge in [-0.2, -0.15) is 0 Å². The quantitative estimate of drug-likeness (QED) is 0.573. The Morgan fingerprint density at radius 3 is 2.16 bits per heavy atom. The SMILES string of the molecule is CC(C)(C)OC(=O)N=C(NC(=O)OC(C)(C)C)Nc1ccc(Cl)cn1. The number of aliphatic imine (C=N–C) groups is 1. The molecule has 0 aromatic carbocycles. The molecule has 8 nitrogen and oxygen atoms in total. The van der Waals surface area contributed by atoms with Gasteiger partial charge in [-0.3, -0.25) is 5.32 Å². The zero-order valence-electron chi connectivity index (χ0n) is 15.1. The third-order valence-electron chi connectivity index (χ3n) is 2.19. The van der Waals surface area contributed by atoms with Gasteiger partial charge in [-0.1, -0.05) is 11.6 Å². The van der Waals surface area contributed by atoms with E-state index in [0.29, 0.717) is 10.8 Å². The number of halogens is 1. The first-order chi connectivity index (χ1) is 11.3. The Kier molecular flexibility index (Phi) is 6.75. The van der Waals surface area contributed by atoms with E-state index in [1.807, 2.05) is 0 Å². The van der Waals surface area contributed by atoms with Gasteiger partial charge in [-0.25, -0.2) is 14.6 Å². The van der Waals surface area contributed by atoms with Gasteiger partial charge in [0.25, 0.3) is 0 Å². The van der Waals surface area contributed by atoms with Gasteiger partial charge < -0.3 is 14.8 Å². The van der Waals surface area contributed by atoms with E-state index < -0.39 is 23.4 Å². The fraction of sp³-hybridized carbons (Fsp3) is 0.500. The van der Waals surface area contributed by atoms with Gasteiger partial charge in [0.1, 0.15) is 17.0 Å². The van der Waals surface area contributed by atoms with Crippen LogP contribution in [0.3, 0.4) is 0 Å². The maximum atomic E-state index is 11.9. The van der Waals surface area contributed by atoms with Crippen LogP contribution < -0.4 is 10.6 Å². The van der Waals surface area contributed by atoms with Crippen molar-refractivity contribution < 1.29 is 19.1 Å². The van der Waals surface area contributed by atoms with Crippen LogP contribution in [0.5, 0.6) is 0 Å². The van der Waals surface area contributed by atoms with Crippen molar-refractivity contribution in [1.82, 2.24) is 10.3 Å². The average molecular weight is 371 g/mol. The fourth-order valence-electron chi connectivity index (χ4n) is 1.43. The summed E-state index contributed by atoms with van der Waals surface area (Å²) < 4.78 is 10.3. The minimum Gasteiger partial charge on any atom is -0.444 e. The Morgan fingerprint density at radius 2 is 1.68 bits per heavy atom. The summed E-state index contributed by atoms with van der Waals surface area (Å²) in [6, 6.07) is 3.15. The molecule has 0 spiro atoms. The van der Waals surface area contributed by atoms with Gasteiger partial charge in [0, 0.05) is 6.20 Å². The summed E-state index contributed by atoms with van der Waals surface area (Å²) in [7, 11) is 0. The number of guanidine groups is 1. The number of anilines is 1. The van der Waals surface area contributed by atoms with Crippen LogP contribution in [0.2, 0.25) is 5.02 Å². The number of rotatable bonds is 1. The molecule has 25 heavy (non-hydrogen) atoms. The molecule has 0 fully saturated rings. The summed E-state index contributed by atoms with van der Waals surface area (Å²) in [4.78, 5) is 31.6. The van der Waals surface area contributed by atoms with Crippen LogP contribution in [-0.4, -0.2) is 34.3 Å². The maximum Gasteiger partial charge on any atom is 0.437 e. The first-order valence-electron chi connectivity index (χ1n) is 7.54. The van der Waals surface area contributed by atoms with Crippen molar-refractivity contribution in [2.75, 3.05) is 5.32 Å². The number of hydrogen-bond acceptors (Lipinski definition) is 5.